The van der Waals surface area contributed by atoms with Gasteiger partial charge >= 0.3 is 6.03 Å². The number of ketones is 1. The van der Waals surface area contributed by atoms with Crippen LogP contribution in [0.15, 0.2) is 36.4 Å². The Kier molecular flexibility index (Phi) is 10.5. The monoisotopic (exact) mass is 389 g/mol. The van der Waals surface area contributed by atoms with E-state index in [4.69, 9.17) is 0 Å². The van der Waals surface area contributed by atoms with Crippen molar-refractivity contribution in [1.29, 1.82) is 0 Å². The maximum atomic E-state index is 12.1. The summed E-state index contributed by atoms with van der Waals surface area (Å²) in [6.45, 7) is 11.1. The number of rotatable bonds is 6. The summed E-state index contributed by atoms with van der Waals surface area (Å²) in [7, 11) is 1.58. The zero-order valence-corrected chi connectivity index (χ0v) is 17.7. The Balaban J connectivity index is 0.00000352. The molecule has 3 amide bonds. The lowest BCUT2D eigenvalue weighted by Crippen LogP contribution is -2.49. The van der Waals surface area contributed by atoms with Gasteiger partial charge in [0.05, 0.1) is 6.04 Å². The highest BCUT2D eigenvalue weighted by Crippen LogP contribution is 2.21. The number of nitrogens with zero attached hydrogens (tertiary/aromatic N) is 1. The lowest BCUT2D eigenvalue weighted by atomic mass is 9.84. The molecule has 28 heavy (non-hydrogen) atoms. The molecule has 0 fully saturated rings. The molecule has 1 aromatic carbocycles. The molecule has 0 saturated carbocycles. The molecule has 0 heterocycles. The first-order valence-electron chi connectivity index (χ1n) is 9.14. The molecule has 0 bridgehead atoms. The van der Waals surface area contributed by atoms with E-state index in [2.05, 4.69) is 10.6 Å². The van der Waals surface area contributed by atoms with E-state index in [1.165, 1.54) is 17.9 Å². The van der Waals surface area contributed by atoms with Gasteiger partial charge in [0.1, 0.15) is 6.29 Å². The maximum absolute atomic E-state index is 12.1. The first-order chi connectivity index (χ1) is 13.1. The highest BCUT2D eigenvalue weighted by molar-refractivity contribution is 6.02. The number of nitrogens with one attached hydrogen (secondary N) is 2. The number of benzene rings is 1. The summed E-state index contributed by atoms with van der Waals surface area (Å²) in [5, 5.41) is 5.34. The Hall–Kier alpha value is -2.96. The number of likely N-dealkylation sites (N-methyl/N-ethyl adjacent to an activating group) is 1. The standard InChI is InChI=1S/C19H25N3O4.C2H6/c1-13(24)17(19(2,3)4)21-18(26)20-14-8-10-15(11-9-14)22(5)16(25)7-6-12-23;1-2/h6-12,17H,1-5H3,(H2,20,21,26);1-2H3/b7-6-;. The number of Topliss-reactive ketones (excluding diaryl/α,β-unsaturated/α-hetero) is 1. The van der Waals surface area contributed by atoms with Gasteiger partial charge < -0.3 is 15.5 Å². The van der Waals surface area contributed by atoms with E-state index in [-0.39, 0.29) is 11.7 Å². The van der Waals surface area contributed by atoms with Crippen molar-refractivity contribution in [3.8, 4) is 0 Å². The summed E-state index contributed by atoms with van der Waals surface area (Å²) >= 11 is 0. The fourth-order valence-electron chi connectivity index (χ4n) is 2.36. The molecular weight excluding hydrogens is 358 g/mol. The highest BCUT2D eigenvalue weighted by atomic mass is 16.2. The van der Waals surface area contributed by atoms with Gasteiger partial charge in [0.15, 0.2) is 5.78 Å². The zero-order chi connectivity index (χ0) is 21.9. The number of carbonyl (C=O) groups excluding carboxylic acids is 4. The van der Waals surface area contributed by atoms with E-state index < -0.39 is 17.5 Å². The van der Waals surface area contributed by atoms with Crippen LogP contribution in [0.25, 0.3) is 0 Å². The van der Waals surface area contributed by atoms with Gasteiger partial charge in [-0.2, -0.15) is 0 Å². The molecule has 0 aliphatic heterocycles. The van der Waals surface area contributed by atoms with Crippen molar-refractivity contribution >= 4 is 35.4 Å². The third-order valence-electron chi connectivity index (χ3n) is 3.71. The number of hydrogen-bond acceptors (Lipinski definition) is 4. The number of urea groups is 1. The molecule has 7 nitrogen and oxygen atoms in total. The molecule has 0 spiro atoms. The van der Waals surface area contributed by atoms with Crippen LogP contribution in [0.2, 0.25) is 0 Å². The van der Waals surface area contributed by atoms with E-state index in [9.17, 15) is 19.2 Å². The Labute approximate surface area is 167 Å². The van der Waals surface area contributed by atoms with E-state index in [1.54, 1.807) is 31.3 Å². The Morgan fingerprint density at radius 1 is 1.07 bits per heavy atom. The molecule has 1 aromatic rings. The van der Waals surface area contributed by atoms with Crippen molar-refractivity contribution in [2.24, 2.45) is 5.41 Å². The van der Waals surface area contributed by atoms with Crippen LogP contribution < -0.4 is 15.5 Å². The number of allylic oxidation sites excluding steroid dienone is 1. The summed E-state index contributed by atoms with van der Waals surface area (Å²) < 4.78 is 0. The van der Waals surface area contributed by atoms with Gasteiger partial charge in [0.2, 0.25) is 0 Å². The lowest BCUT2D eigenvalue weighted by molar-refractivity contribution is -0.121. The minimum absolute atomic E-state index is 0.119. The fourth-order valence-corrected chi connectivity index (χ4v) is 2.36. The van der Waals surface area contributed by atoms with Gasteiger partial charge in [-0.05, 0) is 42.7 Å². The molecular formula is C21H31N3O4. The van der Waals surface area contributed by atoms with Crippen LogP contribution in [0, 0.1) is 5.41 Å². The van der Waals surface area contributed by atoms with Crippen LogP contribution in [-0.2, 0) is 14.4 Å². The van der Waals surface area contributed by atoms with Gasteiger partial charge in [-0.3, -0.25) is 14.4 Å². The molecule has 1 rings (SSSR count). The van der Waals surface area contributed by atoms with Gasteiger partial charge in [-0.1, -0.05) is 34.6 Å². The molecule has 2 N–H and O–H groups in total. The summed E-state index contributed by atoms with van der Waals surface area (Å²) in [5.41, 5.74) is 0.727. The smallest absolute Gasteiger partial charge is 0.319 e. The molecule has 0 saturated heterocycles. The molecule has 1 atom stereocenters. The number of carbonyl (C=O) groups is 4. The Morgan fingerprint density at radius 3 is 2.04 bits per heavy atom. The quantitative estimate of drug-likeness (QED) is 0.574. The second-order valence-electron chi connectivity index (χ2n) is 6.95. The van der Waals surface area contributed by atoms with Crippen molar-refractivity contribution in [3.05, 3.63) is 36.4 Å². The topological polar surface area (TPSA) is 95.6 Å². The minimum Gasteiger partial charge on any atom is -0.328 e. The second-order valence-corrected chi connectivity index (χ2v) is 6.95. The second kappa shape index (κ2) is 11.7. The summed E-state index contributed by atoms with van der Waals surface area (Å²) in [6.07, 6.45) is 2.82. The van der Waals surface area contributed by atoms with E-state index in [1.807, 2.05) is 34.6 Å². The third kappa shape index (κ3) is 8.16. The largest absolute Gasteiger partial charge is 0.328 e. The molecule has 0 aliphatic rings. The first kappa shape index (κ1) is 25.0. The van der Waals surface area contributed by atoms with Crippen molar-refractivity contribution in [2.75, 3.05) is 17.3 Å². The van der Waals surface area contributed by atoms with Gasteiger partial charge in [-0.15, -0.1) is 0 Å². The molecule has 1 unspecified atom stereocenters. The molecule has 154 valence electrons. The molecule has 7 heteroatoms. The van der Waals surface area contributed by atoms with E-state index in [0.29, 0.717) is 17.7 Å². The molecule has 0 radical (unpaired) electrons. The zero-order valence-electron chi connectivity index (χ0n) is 17.7. The SMILES string of the molecule is CC.CC(=O)C(NC(=O)Nc1ccc(N(C)C(=O)/C=C\C=O)cc1)C(C)(C)C. The highest BCUT2D eigenvalue weighted by Gasteiger charge is 2.30. The number of anilines is 2. The Morgan fingerprint density at radius 2 is 1.61 bits per heavy atom. The molecule has 0 aliphatic carbocycles. The average molecular weight is 389 g/mol. The summed E-state index contributed by atoms with van der Waals surface area (Å²) in [4.78, 5) is 47.3. The van der Waals surface area contributed by atoms with Crippen LogP contribution in [0.1, 0.15) is 41.5 Å². The fraction of sp³-hybridized carbons (Fsp3) is 0.429. The van der Waals surface area contributed by atoms with E-state index >= 15 is 0 Å². The average Bonchev–Trinajstić information content (AvgIpc) is 2.64. The number of hydrogen-bond donors (Lipinski definition) is 2. The normalized spacial score (nSPS) is 11.7. The van der Waals surface area contributed by atoms with Crippen molar-refractivity contribution in [1.82, 2.24) is 5.32 Å². The van der Waals surface area contributed by atoms with Crippen molar-refractivity contribution < 1.29 is 19.2 Å². The van der Waals surface area contributed by atoms with Crippen molar-refractivity contribution in [3.63, 3.8) is 0 Å². The van der Waals surface area contributed by atoms with Gasteiger partial charge in [0.25, 0.3) is 5.91 Å². The summed E-state index contributed by atoms with van der Waals surface area (Å²) in [6, 6.07) is 5.52. The lowest BCUT2D eigenvalue weighted by Gasteiger charge is -2.29. The van der Waals surface area contributed by atoms with Crippen molar-refractivity contribution in [2.45, 2.75) is 47.6 Å². The van der Waals surface area contributed by atoms with Crippen LogP contribution >= 0.6 is 0 Å². The maximum Gasteiger partial charge on any atom is 0.319 e. The minimum atomic E-state index is -0.602. The van der Waals surface area contributed by atoms with Crippen LogP contribution in [-0.4, -0.2) is 37.1 Å². The van der Waals surface area contributed by atoms with E-state index in [0.717, 1.165) is 6.08 Å². The number of amides is 3. The Bertz CT molecular complexity index is 703. The van der Waals surface area contributed by atoms with Crippen LogP contribution in [0.3, 0.4) is 0 Å². The summed E-state index contributed by atoms with van der Waals surface area (Å²) in [5.74, 6) is -0.462. The van der Waals surface area contributed by atoms with Gasteiger partial charge in [0, 0.05) is 24.5 Å². The predicted molar refractivity (Wildman–Crippen MR) is 112 cm³/mol. The van der Waals surface area contributed by atoms with Gasteiger partial charge in [-0.25, -0.2) is 4.79 Å². The molecule has 0 aromatic heterocycles. The third-order valence-corrected chi connectivity index (χ3v) is 3.71. The number of aldehydes is 1. The predicted octanol–water partition coefficient (Wildman–Crippen LogP) is 3.56. The first-order valence-corrected chi connectivity index (χ1v) is 9.14. The van der Waals surface area contributed by atoms with Crippen LogP contribution in [0.4, 0.5) is 16.2 Å². The van der Waals surface area contributed by atoms with Crippen LogP contribution in [0.5, 0.6) is 0 Å².